The summed E-state index contributed by atoms with van der Waals surface area (Å²) in [6.07, 6.45) is -6.16. The normalized spacial score (nSPS) is 12.6. The second kappa shape index (κ2) is 11.1. The maximum Gasteiger partial charge on any atom is 0.410 e. The van der Waals surface area contributed by atoms with Crippen molar-refractivity contribution in [1.82, 2.24) is 4.90 Å². The molecule has 32 heavy (non-hydrogen) atoms. The second-order valence-corrected chi connectivity index (χ2v) is 8.17. The number of primary amides is 1. The van der Waals surface area contributed by atoms with E-state index in [1.54, 1.807) is 12.1 Å². The number of hydrogen-bond donors (Lipinski definition) is 1. The van der Waals surface area contributed by atoms with Gasteiger partial charge in [-0.05, 0) is 50.5 Å². The van der Waals surface area contributed by atoms with Gasteiger partial charge in [-0.15, -0.1) is 0 Å². The molecular formula is C21H29F3N2O6. The van der Waals surface area contributed by atoms with E-state index in [2.05, 4.69) is 4.74 Å². The van der Waals surface area contributed by atoms with Crippen LogP contribution < -0.4 is 10.5 Å². The quantitative estimate of drug-likeness (QED) is 0.565. The minimum Gasteiger partial charge on any atom is -0.497 e. The Kier molecular flexibility index (Phi) is 9.35. The Bertz CT molecular complexity index is 821. The average Bonchev–Trinajstić information content (AvgIpc) is 2.65. The van der Waals surface area contributed by atoms with E-state index in [1.807, 2.05) is 0 Å². The summed E-state index contributed by atoms with van der Waals surface area (Å²) < 4.78 is 54.3. The average molecular weight is 462 g/mol. The molecular weight excluding hydrogens is 433 g/mol. The Morgan fingerprint density at radius 1 is 1.09 bits per heavy atom. The van der Waals surface area contributed by atoms with Gasteiger partial charge in [0.05, 0.1) is 26.6 Å². The molecule has 8 nitrogen and oxygen atoms in total. The molecule has 0 aliphatic heterocycles. The molecule has 0 radical (unpaired) electrons. The first-order valence-corrected chi connectivity index (χ1v) is 9.71. The highest BCUT2D eigenvalue weighted by Gasteiger charge is 2.35. The summed E-state index contributed by atoms with van der Waals surface area (Å²) in [5.74, 6) is -2.04. The fraction of sp³-hybridized carbons (Fsp3) is 0.571. The van der Waals surface area contributed by atoms with Crippen molar-refractivity contribution >= 4 is 18.0 Å². The first-order valence-electron chi connectivity index (χ1n) is 9.71. The second-order valence-electron chi connectivity index (χ2n) is 8.17. The molecule has 0 aliphatic rings. The first-order chi connectivity index (χ1) is 14.6. The summed E-state index contributed by atoms with van der Waals surface area (Å²) in [4.78, 5) is 36.4. The van der Waals surface area contributed by atoms with Crippen LogP contribution in [-0.2, 0) is 32.0 Å². The molecule has 0 saturated carbocycles. The SMILES string of the molecule is COC(=O)CC(Cc1ccc(OC)cc1CN(CC(F)(F)F)C(=O)OC(C)(C)C)C(N)=O. The third-order valence-corrected chi connectivity index (χ3v) is 4.31. The lowest BCUT2D eigenvalue weighted by molar-refractivity contribution is -0.145. The van der Waals surface area contributed by atoms with Crippen LogP contribution in [0.5, 0.6) is 5.75 Å². The molecule has 1 aromatic carbocycles. The standard InChI is InChI=1S/C21H29F3N2O6/c1-20(2,3)32-19(29)26(12-21(22,23)24)11-15-9-16(30-4)7-6-13(15)8-14(18(25)28)10-17(27)31-5/h6-7,9,14H,8,10-12H2,1-5H3,(H2,25,28). The molecule has 0 spiro atoms. The van der Waals surface area contributed by atoms with E-state index in [0.29, 0.717) is 16.2 Å². The summed E-state index contributed by atoms with van der Waals surface area (Å²) in [6, 6.07) is 4.55. The van der Waals surface area contributed by atoms with Crippen LogP contribution in [0.4, 0.5) is 18.0 Å². The van der Waals surface area contributed by atoms with Gasteiger partial charge in [-0.2, -0.15) is 13.2 Å². The van der Waals surface area contributed by atoms with E-state index in [0.717, 1.165) is 7.11 Å². The Labute approximate surface area is 184 Å². The Morgan fingerprint density at radius 3 is 2.19 bits per heavy atom. The van der Waals surface area contributed by atoms with Crippen molar-refractivity contribution in [1.29, 1.82) is 0 Å². The molecule has 2 N–H and O–H groups in total. The van der Waals surface area contributed by atoms with Crippen molar-refractivity contribution < 1.29 is 41.8 Å². The van der Waals surface area contributed by atoms with Crippen molar-refractivity contribution in [2.24, 2.45) is 11.7 Å². The van der Waals surface area contributed by atoms with Gasteiger partial charge in [0.2, 0.25) is 5.91 Å². The van der Waals surface area contributed by atoms with Crippen molar-refractivity contribution in [3.05, 3.63) is 29.3 Å². The van der Waals surface area contributed by atoms with Crippen molar-refractivity contribution in [3.63, 3.8) is 0 Å². The van der Waals surface area contributed by atoms with Gasteiger partial charge in [0.1, 0.15) is 17.9 Å². The van der Waals surface area contributed by atoms with Crippen LogP contribution in [0, 0.1) is 5.92 Å². The molecule has 1 atom stereocenters. The Hall–Kier alpha value is -2.98. The number of halogens is 3. The maximum absolute atomic E-state index is 13.2. The lowest BCUT2D eigenvalue weighted by Gasteiger charge is -2.29. The topological polar surface area (TPSA) is 108 Å². The molecule has 0 fully saturated rings. The molecule has 0 bridgehead atoms. The Morgan fingerprint density at radius 2 is 1.72 bits per heavy atom. The molecule has 1 unspecified atom stereocenters. The third kappa shape index (κ3) is 9.44. The fourth-order valence-corrected chi connectivity index (χ4v) is 2.83. The number of methoxy groups -OCH3 is 2. The largest absolute Gasteiger partial charge is 0.497 e. The monoisotopic (exact) mass is 462 g/mol. The van der Waals surface area contributed by atoms with Crippen LogP contribution in [-0.4, -0.2) is 55.4 Å². The van der Waals surface area contributed by atoms with Crippen molar-refractivity contribution in [2.45, 2.75) is 51.9 Å². The van der Waals surface area contributed by atoms with E-state index in [-0.39, 0.29) is 18.4 Å². The lowest BCUT2D eigenvalue weighted by atomic mass is 9.92. The van der Waals surface area contributed by atoms with Crippen LogP contribution >= 0.6 is 0 Å². The number of ether oxygens (including phenoxy) is 3. The molecule has 0 aliphatic carbocycles. The van der Waals surface area contributed by atoms with Crippen molar-refractivity contribution in [3.8, 4) is 5.75 Å². The highest BCUT2D eigenvalue weighted by molar-refractivity contribution is 5.82. The highest BCUT2D eigenvalue weighted by Crippen LogP contribution is 2.26. The van der Waals surface area contributed by atoms with Gasteiger partial charge in [0.15, 0.2) is 0 Å². The molecule has 1 aromatic rings. The molecule has 180 valence electrons. The smallest absolute Gasteiger partial charge is 0.410 e. The molecule has 1 rings (SSSR count). The lowest BCUT2D eigenvalue weighted by Crippen LogP contribution is -2.42. The van der Waals surface area contributed by atoms with Gasteiger partial charge < -0.3 is 19.9 Å². The summed E-state index contributed by atoms with van der Waals surface area (Å²) in [5, 5.41) is 0. The highest BCUT2D eigenvalue weighted by atomic mass is 19.4. The van der Waals surface area contributed by atoms with Gasteiger partial charge in [-0.1, -0.05) is 6.07 Å². The molecule has 11 heteroatoms. The van der Waals surface area contributed by atoms with E-state index in [4.69, 9.17) is 15.2 Å². The number of nitrogens with two attached hydrogens (primary N) is 1. The minimum absolute atomic E-state index is 0.0437. The zero-order valence-electron chi connectivity index (χ0n) is 18.7. The fourth-order valence-electron chi connectivity index (χ4n) is 2.83. The summed E-state index contributed by atoms with van der Waals surface area (Å²) in [6.45, 7) is 2.61. The van der Waals surface area contributed by atoms with Crippen LogP contribution in [0.25, 0.3) is 0 Å². The van der Waals surface area contributed by atoms with Gasteiger partial charge in [0, 0.05) is 6.54 Å². The number of carbonyl (C=O) groups excluding carboxylic acids is 3. The summed E-state index contributed by atoms with van der Waals surface area (Å²) >= 11 is 0. The van der Waals surface area contributed by atoms with Crippen LogP contribution in [0.15, 0.2) is 18.2 Å². The number of nitrogens with zero attached hydrogens (tertiary/aromatic N) is 1. The van der Waals surface area contributed by atoms with Gasteiger partial charge in [-0.3, -0.25) is 14.5 Å². The zero-order chi connectivity index (χ0) is 24.7. The van der Waals surface area contributed by atoms with E-state index >= 15 is 0 Å². The number of benzene rings is 1. The molecule has 0 aromatic heterocycles. The third-order valence-electron chi connectivity index (χ3n) is 4.31. The van der Waals surface area contributed by atoms with Crippen molar-refractivity contribution in [2.75, 3.05) is 20.8 Å². The predicted molar refractivity (Wildman–Crippen MR) is 109 cm³/mol. The number of rotatable bonds is 9. The summed E-state index contributed by atoms with van der Waals surface area (Å²) in [5.41, 5.74) is 5.10. The Balaban J connectivity index is 3.31. The first kappa shape index (κ1) is 27.1. The molecule has 0 heterocycles. The van der Waals surface area contributed by atoms with Crippen LogP contribution in [0.2, 0.25) is 0 Å². The van der Waals surface area contributed by atoms with E-state index in [9.17, 15) is 27.6 Å². The van der Waals surface area contributed by atoms with Gasteiger partial charge in [0.25, 0.3) is 0 Å². The number of amides is 2. The van der Waals surface area contributed by atoms with E-state index in [1.165, 1.54) is 33.9 Å². The summed E-state index contributed by atoms with van der Waals surface area (Å²) in [7, 11) is 2.54. The number of carbonyl (C=O) groups is 3. The van der Waals surface area contributed by atoms with Gasteiger partial charge >= 0.3 is 18.2 Å². The maximum atomic E-state index is 13.2. The molecule has 0 saturated heterocycles. The predicted octanol–water partition coefficient (Wildman–Crippen LogP) is 3.20. The van der Waals surface area contributed by atoms with Crippen LogP contribution in [0.1, 0.15) is 38.3 Å². The molecule has 2 amide bonds. The van der Waals surface area contributed by atoms with Gasteiger partial charge in [-0.25, -0.2) is 4.79 Å². The van der Waals surface area contributed by atoms with Crippen LogP contribution in [0.3, 0.4) is 0 Å². The minimum atomic E-state index is -4.67. The number of esters is 1. The number of hydrogen-bond acceptors (Lipinski definition) is 6. The zero-order valence-corrected chi connectivity index (χ0v) is 18.7. The number of alkyl halides is 3. The van der Waals surface area contributed by atoms with E-state index < -0.39 is 48.8 Å².